The van der Waals surface area contributed by atoms with Gasteiger partial charge in [-0.3, -0.25) is 0 Å². The number of carbonyl (C=O) groups is 1. The van der Waals surface area contributed by atoms with Crippen LogP contribution in [-0.4, -0.2) is 19.7 Å². The molecule has 0 aliphatic heterocycles. The lowest BCUT2D eigenvalue weighted by molar-refractivity contribution is 0.0600. The molecule has 2 rings (SSSR count). The number of rotatable bonds is 6. The SMILES string of the molecule is COC(=O)c1cccc(C#CCCOc2ccc(CC(C)C)cc2)c1. The Bertz CT molecular complexity index is 749. The van der Waals surface area contributed by atoms with Crippen molar-refractivity contribution in [2.75, 3.05) is 13.7 Å². The van der Waals surface area contributed by atoms with Crippen LogP contribution in [0.25, 0.3) is 0 Å². The van der Waals surface area contributed by atoms with Crippen molar-refractivity contribution < 1.29 is 14.3 Å². The van der Waals surface area contributed by atoms with E-state index in [1.54, 1.807) is 18.2 Å². The summed E-state index contributed by atoms with van der Waals surface area (Å²) in [4.78, 5) is 11.5. The molecule has 2 aromatic rings. The van der Waals surface area contributed by atoms with E-state index in [0.717, 1.165) is 17.7 Å². The summed E-state index contributed by atoms with van der Waals surface area (Å²) >= 11 is 0. The van der Waals surface area contributed by atoms with Gasteiger partial charge < -0.3 is 9.47 Å². The van der Waals surface area contributed by atoms with Gasteiger partial charge in [0.05, 0.1) is 19.3 Å². The van der Waals surface area contributed by atoms with Crippen molar-refractivity contribution in [1.82, 2.24) is 0 Å². The highest BCUT2D eigenvalue weighted by atomic mass is 16.5. The number of esters is 1. The Morgan fingerprint density at radius 3 is 2.56 bits per heavy atom. The van der Waals surface area contributed by atoms with Crippen LogP contribution in [0, 0.1) is 17.8 Å². The summed E-state index contributed by atoms with van der Waals surface area (Å²) in [6.07, 6.45) is 1.70. The van der Waals surface area contributed by atoms with E-state index >= 15 is 0 Å². The largest absolute Gasteiger partial charge is 0.493 e. The zero-order valence-corrected chi connectivity index (χ0v) is 15.0. The van der Waals surface area contributed by atoms with Crippen LogP contribution in [0.1, 0.15) is 41.8 Å². The molecular weight excluding hydrogens is 312 g/mol. The van der Waals surface area contributed by atoms with Crippen LogP contribution in [0.3, 0.4) is 0 Å². The molecule has 0 radical (unpaired) electrons. The number of methoxy groups -OCH3 is 1. The third-order valence-electron chi connectivity index (χ3n) is 3.58. The van der Waals surface area contributed by atoms with Crippen LogP contribution in [0.2, 0.25) is 0 Å². The van der Waals surface area contributed by atoms with Crippen molar-refractivity contribution in [3.8, 4) is 17.6 Å². The first-order chi connectivity index (χ1) is 12.1. The second kappa shape index (κ2) is 9.54. The van der Waals surface area contributed by atoms with Crippen molar-refractivity contribution in [2.45, 2.75) is 26.7 Å². The fraction of sp³-hybridized carbons (Fsp3) is 0.318. The van der Waals surface area contributed by atoms with E-state index in [2.05, 4.69) is 37.8 Å². The Kier molecular flexibility index (Phi) is 7.10. The molecule has 130 valence electrons. The second-order valence-electron chi connectivity index (χ2n) is 6.21. The molecule has 0 atom stereocenters. The molecule has 0 saturated heterocycles. The van der Waals surface area contributed by atoms with Gasteiger partial charge in [-0.15, -0.1) is 0 Å². The Balaban J connectivity index is 1.82. The third-order valence-corrected chi connectivity index (χ3v) is 3.58. The minimum absolute atomic E-state index is 0.354. The van der Waals surface area contributed by atoms with Crippen LogP contribution in [0.5, 0.6) is 5.75 Å². The first kappa shape index (κ1) is 18.6. The van der Waals surface area contributed by atoms with Gasteiger partial charge in [0.15, 0.2) is 0 Å². The molecule has 0 aliphatic carbocycles. The molecule has 0 unspecified atom stereocenters. The Labute approximate surface area is 150 Å². The molecule has 2 aromatic carbocycles. The van der Waals surface area contributed by atoms with Gasteiger partial charge in [0.1, 0.15) is 5.75 Å². The van der Waals surface area contributed by atoms with E-state index < -0.39 is 0 Å². The van der Waals surface area contributed by atoms with Crippen LogP contribution < -0.4 is 4.74 Å². The highest BCUT2D eigenvalue weighted by Gasteiger charge is 2.04. The lowest BCUT2D eigenvalue weighted by Crippen LogP contribution is -2.00. The molecule has 0 amide bonds. The Hall–Kier alpha value is -2.73. The minimum Gasteiger partial charge on any atom is -0.493 e. The number of hydrogen-bond donors (Lipinski definition) is 0. The minimum atomic E-state index is -0.354. The average molecular weight is 336 g/mol. The fourth-order valence-corrected chi connectivity index (χ4v) is 2.42. The van der Waals surface area contributed by atoms with E-state index in [9.17, 15) is 4.79 Å². The summed E-state index contributed by atoms with van der Waals surface area (Å²) in [6.45, 7) is 4.96. The van der Waals surface area contributed by atoms with Gasteiger partial charge in [-0.25, -0.2) is 4.79 Å². The van der Waals surface area contributed by atoms with E-state index in [1.165, 1.54) is 12.7 Å². The molecule has 0 N–H and O–H groups in total. The van der Waals surface area contributed by atoms with E-state index in [1.807, 2.05) is 18.2 Å². The van der Waals surface area contributed by atoms with Crippen LogP contribution in [0.4, 0.5) is 0 Å². The van der Waals surface area contributed by atoms with Gasteiger partial charge in [0, 0.05) is 12.0 Å². The first-order valence-electron chi connectivity index (χ1n) is 8.47. The lowest BCUT2D eigenvalue weighted by Gasteiger charge is -2.07. The maximum atomic E-state index is 11.5. The van der Waals surface area contributed by atoms with Crippen molar-refractivity contribution in [3.05, 3.63) is 65.2 Å². The van der Waals surface area contributed by atoms with E-state index in [-0.39, 0.29) is 5.97 Å². The predicted molar refractivity (Wildman–Crippen MR) is 99.8 cm³/mol. The van der Waals surface area contributed by atoms with Gasteiger partial charge in [-0.1, -0.05) is 43.9 Å². The number of carbonyl (C=O) groups excluding carboxylic acids is 1. The average Bonchev–Trinajstić information content (AvgIpc) is 2.62. The monoisotopic (exact) mass is 336 g/mol. The zero-order valence-electron chi connectivity index (χ0n) is 15.0. The van der Waals surface area contributed by atoms with Gasteiger partial charge >= 0.3 is 5.97 Å². The van der Waals surface area contributed by atoms with Crippen molar-refractivity contribution >= 4 is 5.97 Å². The van der Waals surface area contributed by atoms with Gasteiger partial charge in [0.2, 0.25) is 0 Å². The normalized spacial score (nSPS) is 10.1. The maximum Gasteiger partial charge on any atom is 0.337 e. The summed E-state index contributed by atoms with van der Waals surface area (Å²) in [5.41, 5.74) is 2.63. The number of ether oxygens (including phenoxy) is 2. The molecule has 3 nitrogen and oxygen atoms in total. The van der Waals surface area contributed by atoms with E-state index in [0.29, 0.717) is 24.5 Å². The van der Waals surface area contributed by atoms with E-state index in [4.69, 9.17) is 9.47 Å². The second-order valence-corrected chi connectivity index (χ2v) is 6.21. The van der Waals surface area contributed by atoms with Crippen LogP contribution in [-0.2, 0) is 11.2 Å². The summed E-state index contributed by atoms with van der Waals surface area (Å²) < 4.78 is 10.4. The highest BCUT2D eigenvalue weighted by molar-refractivity contribution is 5.89. The summed E-state index contributed by atoms with van der Waals surface area (Å²) in [5, 5.41) is 0. The molecule has 0 aromatic heterocycles. The highest BCUT2D eigenvalue weighted by Crippen LogP contribution is 2.15. The summed E-state index contributed by atoms with van der Waals surface area (Å²) in [5.74, 6) is 7.27. The maximum absolute atomic E-state index is 11.5. The number of benzene rings is 2. The molecule has 3 heteroatoms. The van der Waals surface area contributed by atoms with Crippen molar-refractivity contribution in [1.29, 1.82) is 0 Å². The van der Waals surface area contributed by atoms with Gasteiger partial charge in [-0.05, 0) is 48.2 Å². The Morgan fingerprint density at radius 2 is 1.88 bits per heavy atom. The fourth-order valence-electron chi connectivity index (χ4n) is 2.42. The zero-order chi connectivity index (χ0) is 18.1. The summed E-state index contributed by atoms with van der Waals surface area (Å²) in [6, 6.07) is 15.3. The molecule has 0 bridgehead atoms. The van der Waals surface area contributed by atoms with Gasteiger partial charge in [0.25, 0.3) is 0 Å². The smallest absolute Gasteiger partial charge is 0.337 e. The Morgan fingerprint density at radius 1 is 1.12 bits per heavy atom. The lowest BCUT2D eigenvalue weighted by atomic mass is 10.0. The standard InChI is InChI=1S/C22H24O3/c1-17(2)15-19-10-12-21(13-11-19)25-14-5-4-7-18-8-6-9-20(16-18)22(23)24-3/h6,8-13,16-17H,5,14-15H2,1-3H3. The number of hydrogen-bond acceptors (Lipinski definition) is 3. The molecule has 25 heavy (non-hydrogen) atoms. The van der Waals surface area contributed by atoms with Crippen LogP contribution >= 0.6 is 0 Å². The molecule has 0 aliphatic rings. The molecule has 0 spiro atoms. The third kappa shape index (κ3) is 6.35. The molecule has 0 saturated carbocycles. The van der Waals surface area contributed by atoms with Crippen molar-refractivity contribution in [2.24, 2.45) is 5.92 Å². The predicted octanol–water partition coefficient (Wildman–Crippen LogP) is 4.49. The topological polar surface area (TPSA) is 35.5 Å². The van der Waals surface area contributed by atoms with Gasteiger partial charge in [-0.2, -0.15) is 0 Å². The van der Waals surface area contributed by atoms with Crippen molar-refractivity contribution in [3.63, 3.8) is 0 Å². The van der Waals surface area contributed by atoms with Crippen LogP contribution in [0.15, 0.2) is 48.5 Å². The molecule has 0 heterocycles. The first-order valence-corrected chi connectivity index (χ1v) is 8.47. The summed E-state index contributed by atoms with van der Waals surface area (Å²) in [7, 11) is 1.37. The quantitative estimate of drug-likeness (QED) is 0.443. The molecular formula is C22H24O3. The molecule has 0 fully saturated rings.